The van der Waals surface area contributed by atoms with Gasteiger partial charge >= 0.3 is 5.97 Å². The van der Waals surface area contributed by atoms with E-state index in [0.717, 1.165) is 0 Å². The van der Waals surface area contributed by atoms with E-state index in [0.29, 0.717) is 0 Å². The average Bonchev–Trinajstić information content (AvgIpc) is 2.46. The summed E-state index contributed by atoms with van der Waals surface area (Å²) >= 11 is 0. The molecule has 21 heavy (non-hydrogen) atoms. The molecule has 1 heterocycles. The molecule has 0 amide bonds. The minimum Gasteiger partial charge on any atom is -0.479 e. The van der Waals surface area contributed by atoms with E-state index in [1.807, 2.05) is 0 Å². The van der Waals surface area contributed by atoms with E-state index in [1.165, 1.54) is 7.11 Å². The number of carboxylic acid groups (broad SMARTS) is 1. The molecule has 1 fully saturated rings. The summed E-state index contributed by atoms with van der Waals surface area (Å²) in [6, 6.07) is 0. The van der Waals surface area contributed by atoms with Crippen molar-refractivity contribution in [1.82, 2.24) is 0 Å². The topological polar surface area (TPSA) is 137 Å². The van der Waals surface area contributed by atoms with Crippen LogP contribution < -0.4 is 0 Å². The van der Waals surface area contributed by atoms with Crippen LogP contribution in [0.3, 0.4) is 0 Å². The maximum atomic E-state index is 11.6. The predicted molar refractivity (Wildman–Crippen MR) is 74.3 cm³/mol. The molecule has 1 aliphatic rings. The molecule has 124 valence electrons. The van der Waals surface area contributed by atoms with Gasteiger partial charge in [0.1, 0.15) is 18.3 Å². The lowest BCUT2D eigenvalue weighted by Crippen LogP contribution is -2.61. The SMILES string of the molecule is COPCC1(C(=O)O)CC(C)C(O)C(C(O)C(O)CO)O1. The number of hydrogen-bond donors (Lipinski definition) is 5. The Morgan fingerprint density at radius 3 is 2.62 bits per heavy atom. The van der Waals surface area contributed by atoms with Crippen molar-refractivity contribution in [2.75, 3.05) is 19.9 Å². The highest BCUT2D eigenvalue weighted by Crippen LogP contribution is 2.38. The molecule has 7 atom stereocenters. The fraction of sp³-hybridized carbons (Fsp3) is 0.917. The zero-order valence-electron chi connectivity index (χ0n) is 12.0. The minimum atomic E-state index is -1.59. The molecule has 5 N–H and O–H groups in total. The van der Waals surface area contributed by atoms with Crippen LogP contribution in [0.5, 0.6) is 0 Å². The van der Waals surface area contributed by atoms with Crippen molar-refractivity contribution in [2.24, 2.45) is 5.92 Å². The number of aliphatic carboxylic acids is 1. The van der Waals surface area contributed by atoms with E-state index in [9.17, 15) is 25.2 Å². The van der Waals surface area contributed by atoms with E-state index >= 15 is 0 Å². The lowest BCUT2D eigenvalue weighted by atomic mass is 9.81. The Bertz CT molecular complexity index is 354. The summed E-state index contributed by atoms with van der Waals surface area (Å²) < 4.78 is 10.4. The lowest BCUT2D eigenvalue weighted by Gasteiger charge is -2.45. The fourth-order valence-corrected chi connectivity index (χ4v) is 3.21. The first-order valence-corrected chi connectivity index (χ1v) is 7.72. The second-order valence-electron chi connectivity index (χ2n) is 5.32. The van der Waals surface area contributed by atoms with Crippen molar-refractivity contribution in [3.8, 4) is 0 Å². The molecule has 0 aromatic rings. The maximum absolute atomic E-state index is 11.6. The van der Waals surface area contributed by atoms with Crippen LogP contribution in [0.2, 0.25) is 0 Å². The number of ether oxygens (including phenoxy) is 1. The van der Waals surface area contributed by atoms with Crippen LogP contribution in [-0.2, 0) is 14.1 Å². The molecule has 0 aromatic heterocycles. The summed E-state index contributed by atoms with van der Waals surface area (Å²) in [5.74, 6) is -1.66. The molecule has 0 saturated carbocycles. The van der Waals surface area contributed by atoms with Crippen LogP contribution in [-0.4, -0.2) is 81.4 Å². The number of aliphatic hydroxyl groups is 4. The Labute approximate surface area is 124 Å². The molecule has 1 aliphatic heterocycles. The van der Waals surface area contributed by atoms with Crippen molar-refractivity contribution >= 4 is 14.8 Å². The van der Waals surface area contributed by atoms with E-state index in [1.54, 1.807) is 6.92 Å². The van der Waals surface area contributed by atoms with Gasteiger partial charge in [-0.05, 0) is 12.3 Å². The van der Waals surface area contributed by atoms with Gasteiger partial charge in [0.2, 0.25) is 0 Å². The summed E-state index contributed by atoms with van der Waals surface area (Å²) in [6.45, 7) is 0.924. The molecule has 9 heteroatoms. The summed E-state index contributed by atoms with van der Waals surface area (Å²) in [4.78, 5) is 11.6. The molecule has 0 aromatic carbocycles. The first-order chi connectivity index (χ1) is 9.79. The summed E-state index contributed by atoms with van der Waals surface area (Å²) in [6.07, 6.45) is -5.40. The third-order valence-electron chi connectivity index (χ3n) is 3.74. The monoisotopic (exact) mass is 326 g/mol. The number of rotatable bonds is 7. The molecule has 0 bridgehead atoms. The van der Waals surface area contributed by atoms with Gasteiger partial charge in [0.25, 0.3) is 0 Å². The first kappa shape index (κ1) is 18.7. The Hall–Kier alpha value is -0.340. The molecule has 1 rings (SSSR count). The average molecular weight is 326 g/mol. The molecular weight excluding hydrogens is 303 g/mol. The summed E-state index contributed by atoms with van der Waals surface area (Å²) in [5.41, 5.74) is -1.59. The van der Waals surface area contributed by atoms with Crippen LogP contribution in [0.15, 0.2) is 0 Å². The predicted octanol–water partition coefficient (Wildman–Crippen LogP) is -1.45. The Morgan fingerprint density at radius 1 is 1.52 bits per heavy atom. The fourth-order valence-electron chi connectivity index (χ4n) is 2.46. The number of carboxylic acids is 1. The molecule has 1 saturated heterocycles. The summed E-state index contributed by atoms with van der Waals surface area (Å²) in [5, 5.41) is 47.9. The highest BCUT2D eigenvalue weighted by Gasteiger charge is 2.52. The van der Waals surface area contributed by atoms with Crippen LogP contribution in [0.4, 0.5) is 0 Å². The van der Waals surface area contributed by atoms with E-state index < -0.39 is 48.5 Å². The zero-order valence-corrected chi connectivity index (χ0v) is 13.0. The minimum absolute atomic E-state index is 0.0678. The maximum Gasteiger partial charge on any atom is 0.336 e. The third-order valence-corrected chi connectivity index (χ3v) is 4.75. The first-order valence-electron chi connectivity index (χ1n) is 6.61. The van der Waals surface area contributed by atoms with Crippen LogP contribution in [0.25, 0.3) is 0 Å². The quantitative estimate of drug-likeness (QED) is 0.358. The van der Waals surface area contributed by atoms with E-state index in [-0.39, 0.29) is 21.4 Å². The highest BCUT2D eigenvalue weighted by atomic mass is 31.1. The van der Waals surface area contributed by atoms with Gasteiger partial charge in [-0.25, -0.2) is 4.79 Å². The van der Waals surface area contributed by atoms with Crippen LogP contribution in [0.1, 0.15) is 13.3 Å². The van der Waals surface area contributed by atoms with Crippen molar-refractivity contribution in [1.29, 1.82) is 0 Å². The van der Waals surface area contributed by atoms with Gasteiger partial charge in [0.05, 0.1) is 12.7 Å². The van der Waals surface area contributed by atoms with Crippen molar-refractivity contribution in [3.63, 3.8) is 0 Å². The Kier molecular flexibility index (Phi) is 6.93. The number of carbonyl (C=O) groups is 1. The summed E-state index contributed by atoms with van der Waals surface area (Å²) in [7, 11) is 1.33. The molecule has 8 nitrogen and oxygen atoms in total. The van der Waals surface area contributed by atoms with Crippen molar-refractivity contribution < 1.29 is 39.6 Å². The molecule has 7 unspecified atom stereocenters. The van der Waals surface area contributed by atoms with Crippen molar-refractivity contribution in [2.45, 2.75) is 43.4 Å². The second-order valence-corrected chi connectivity index (χ2v) is 6.37. The van der Waals surface area contributed by atoms with Gasteiger partial charge < -0.3 is 34.8 Å². The molecule has 0 radical (unpaired) electrons. The van der Waals surface area contributed by atoms with Gasteiger partial charge in [-0.3, -0.25) is 0 Å². The molecule has 0 aliphatic carbocycles. The normalized spacial score (nSPS) is 36.8. The van der Waals surface area contributed by atoms with Gasteiger partial charge in [-0.15, -0.1) is 0 Å². The molecular formula is C12H23O8P. The van der Waals surface area contributed by atoms with E-state index in [2.05, 4.69) is 0 Å². The van der Waals surface area contributed by atoms with Gasteiger partial charge in [-0.1, -0.05) is 6.92 Å². The van der Waals surface area contributed by atoms with Gasteiger partial charge in [0, 0.05) is 22.1 Å². The smallest absolute Gasteiger partial charge is 0.336 e. The zero-order chi connectivity index (χ0) is 16.2. The third kappa shape index (κ3) is 4.10. The highest BCUT2D eigenvalue weighted by molar-refractivity contribution is 7.32. The van der Waals surface area contributed by atoms with Crippen molar-refractivity contribution in [3.05, 3.63) is 0 Å². The molecule has 0 spiro atoms. The van der Waals surface area contributed by atoms with Gasteiger partial charge in [0.15, 0.2) is 5.60 Å². The second kappa shape index (κ2) is 7.78. The van der Waals surface area contributed by atoms with E-state index in [4.69, 9.17) is 14.4 Å². The number of aliphatic hydroxyl groups excluding tert-OH is 4. The Morgan fingerprint density at radius 2 is 2.14 bits per heavy atom. The lowest BCUT2D eigenvalue weighted by molar-refractivity contribution is -0.236. The van der Waals surface area contributed by atoms with Crippen LogP contribution in [0, 0.1) is 5.92 Å². The number of hydrogen-bond acceptors (Lipinski definition) is 7. The largest absolute Gasteiger partial charge is 0.479 e. The van der Waals surface area contributed by atoms with Gasteiger partial charge in [-0.2, -0.15) is 0 Å². The Balaban J connectivity index is 3.00. The standard InChI is InChI=1S/C12H23O8P/c1-6-3-12(11(17)18,5-21-19-2)20-10(8(6)15)9(16)7(14)4-13/h6-10,13-16,21H,3-5H2,1-2H3,(H,17,18). The van der Waals surface area contributed by atoms with Crippen LogP contribution >= 0.6 is 8.81 Å².